The van der Waals surface area contributed by atoms with E-state index in [9.17, 15) is 9.59 Å². The first-order chi connectivity index (χ1) is 8.36. The van der Waals surface area contributed by atoms with Crippen LogP contribution >= 0.6 is 0 Å². The Balaban J connectivity index is 4.26. The molecule has 0 saturated heterocycles. The number of hydrogen-bond acceptors (Lipinski definition) is 4. The number of rotatable bonds is 8. The Morgan fingerprint density at radius 1 is 1.22 bits per heavy atom. The fraction of sp³-hybridized carbons (Fsp3) is 0.833. The van der Waals surface area contributed by atoms with E-state index in [1.165, 1.54) is 0 Å². The zero-order valence-electron chi connectivity index (χ0n) is 11.9. The molecule has 6 nitrogen and oxygen atoms in total. The van der Waals surface area contributed by atoms with Gasteiger partial charge in [-0.1, -0.05) is 13.8 Å². The van der Waals surface area contributed by atoms with Crippen molar-refractivity contribution < 1.29 is 9.59 Å². The molecule has 0 aliphatic heterocycles. The quantitative estimate of drug-likeness (QED) is 0.592. The highest BCUT2D eigenvalue weighted by molar-refractivity contribution is 5.85. The number of nitrogens with one attached hydrogen (secondary N) is 1. The minimum absolute atomic E-state index is 0.0240. The third-order valence-electron chi connectivity index (χ3n) is 2.38. The van der Waals surface area contributed by atoms with Gasteiger partial charge in [0.1, 0.15) is 0 Å². The normalized spacial score (nSPS) is 10.8. The smallest absolute Gasteiger partial charge is 0.242 e. The first-order valence-electron chi connectivity index (χ1n) is 6.26. The van der Waals surface area contributed by atoms with Crippen LogP contribution in [0.4, 0.5) is 0 Å². The van der Waals surface area contributed by atoms with Crippen LogP contribution in [-0.2, 0) is 9.59 Å². The van der Waals surface area contributed by atoms with Gasteiger partial charge < -0.3 is 20.9 Å². The molecule has 0 aliphatic carbocycles. The third-order valence-corrected chi connectivity index (χ3v) is 2.38. The topological polar surface area (TPSA) is 78.7 Å². The van der Waals surface area contributed by atoms with Gasteiger partial charge in [0.15, 0.2) is 0 Å². The molecule has 0 radical (unpaired) electrons. The molecule has 2 amide bonds. The summed E-state index contributed by atoms with van der Waals surface area (Å²) in [6, 6.07) is 0. The minimum Gasteiger partial charge on any atom is -0.346 e. The lowest BCUT2D eigenvalue weighted by molar-refractivity contribution is -0.133. The van der Waals surface area contributed by atoms with Crippen molar-refractivity contribution >= 4 is 11.8 Å². The summed E-state index contributed by atoms with van der Waals surface area (Å²) in [7, 11) is 3.93. The van der Waals surface area contributed by atoms with Gasteiger partial charge in [-0.2, -0.15) is 0 Å². The lowest BCUT2D eigenvalue weighted by Gasteiger charge is -2.26. The van der Waals surface area contributed by atoms with Gasteiger partial charge in [-0.3, -0.25) is 9.59 Å². The summed E-state index contributed by atoms with van der Waals surface area (Å²) >= 11 is 0. The Morgan fingerprint density at radius 3 is 2.28 bits per heavy atom. The van der Waals surface area contributed by atoms with Crippen molar-refractivity contribution in [1.82, 2.24) is 15.1 Å². The monoisotopic (exact) mass is 258 g/mol. The van der Waals surface area contributed by atoms with Crippen molar-refractivity contribution in [3.8, 4) is 0 Å². The van der Waals surface area contributed by atoms with Crippen LogP contribution in [0.25, 0.3) is 0 Å². The fourth-order valence-electron chi connectivity index (χ4n) is 1.44. The summed E-state index contributed by atoms with van der Waals surface area (Å²) < 4.78 is 0. The van der Waals surface area contributed by atoms with Crippen LogP contribution in [0.15, 0.2) is 0 Å². The van der Waals surface area contributed by atoms with Gasteiger partial charge in [0.25, 0.3) is 0 Å². The summed E-state index contributed by atoms with van der Waals surface area (Å²) in [5.74, 6) is 0.0362. The van der Waals surface area contributed by atoms with Crippen LogP contribution in [0, 0.1) is 5.92 Å². The van der Waals surface area contributed by atoms with Crippen molar-refractivity contribution in [3.63, 3.8) is 0 Å². The maximum atomic E-state index is 12.0. The molecule has 0 atom stereocenters. The zero-order chi connectivity index (χ0) is 14.1. The number of carbonyl (C=O) groups excluding carboxylic acids is 2. The largest absolute Gasteiger partial charge is 0.346 e. The number of nitrogens with two attached hydrogens (primary N) is 1. The van der Waals surface area contributed by atoms with Gasteiger partial charge in [-0.15, -0.1) is 0 Å². The summed E-state index contributed by atoms with van der Waals surface area (Å²) in [6.07, 6.45) is 0. The number of amides is 2. The molecule has 0 heterocycles. The van der Waals surface area contributed by atoms with Crippen LogP contribution in [0.1, 0.15) is 13.8 Å². The average molecular weight is 258 g/mol. The molecule has 0 aromatic rings. The van der Waals surface area contributed by atoms with E-state index in [0.717, 1.165) is 6.54 Å². The van der Waals surface area contributed by atoms with Crippen LogP contribution in [-0.4, -0.2) is 68.4 Å². The second-order valence-corrected chi connectivity index (χ2v) is 5.02. The first-order valence-corrected chi connectivity index (χ1v) is 6.26. The molecule has 0 bridgehead atoms. The number of nitrogens with zero attached hydrogens (tertiary/aromatic N) is 2. The van der Waals surface area contributed by atoms with Crippen LogP contribution < -0.4 is 11.1 Å². The molecule has 0 aliphatic rings. The van der Waals surface area contributed by atoms with Gasteiger partial charge in [-0.25, -0.2) is 0 Å². The van der Waals surface area contributed by atoms with E-state index < -0.39 is 0 Å². The minimum atomic E-state index is -0.305. The van der Waals surface area contributed by atoms with Crippen LogP contribution in [0.3, 0.4) is 0 Å². The van der Waals surface area contributed by atoms with Crippen LogP contribution in [0.2, 0.25) is 0 Å². The van der Waals surface area contributed by atoms with E-state index in [1.807, 2.05) is 19.0 Å². The molecule has 0 rings (SSSR count). The fourth-order valence-corrected chi connectivity index (χ4v) is 1.44. The van der Waals surface area contributed by atoms with Gasteiger partial charge >= 0.3 is 0 Å². The molecule has 6 heteroatoms. The highest BCUT2D eigenvalue weighted by atomic mass is 16.2. The Kier molecular flexibility index (Phi) is 8.32. The van der Waals surface area contributed by atoms with Gasteiger partial charge in [-0.05, 0) is 20.0 Å². The van der Waals surface area contributed by atoms with E-state index in [1.54, 1.807) is 4.90 Å². The van der Waals surface area contributed by atoms with Crippen molar-refractivity contribution in [2.24, 2.45) is 11.7 Å². The lowest BCUT2D eigenvalue weighted by atomic mass is 10.2. The molecule has 0 fully saturated rings. The Morgan fingerprint density at radius 2 is 1.83 bits per heavy atom. The maximum absolute atomic E-state index is 12.0. The van der Waals surface area contributed by atoms with E-state index in [4.69, 9.17) is 5.73 Å². The molecule has 106 valence electrons. The second-order valence-electron chi connectivity index (χ2n) is 5.02. The predicted octanol–water partition coefficient (Wildman–Crippen LogP) is -0.892. The van der Waals surface area contributed by atoms with E-state index in [2.05, 4.69) is 19.2 Å². The molecule has 0 unspecified atom stereocenters. The number of carbonyl (C=O) groups is 2. The van der Waals surface area contributed by atoms with Gasteiger partial charge in [0, 0.05) is 19.6 Å². The standard InChI is InChI=1S/C12H26N4O2/c1-10(2)9-16(6-5-15(3)4)12(18)8-14-11(17)7-13/h10H,5-9,13H2,1-4H3,(H,14,17). The van der Waals surface area contributed by atoms with Crippen molar-refractivity contribution in [3.05, 3.63) is 0 Å². The second kappa shape index (κ2) is 8.88. The molecule has 0 aromatic heterocycles. The molecule has 0 aromatic carbocycles. The van der Waals surface area contributed by atoms with Crippen molar-refractivity contribution in [1.29, 1.82) is 0 Å². The molecular formula is C12H26N4O2. The van der Waals surface area contributed by atoms with E-state index >= 15 is 0 Å². The number of likely N-dealkylation sites (N-methyl/N-ethyl adjacent to an activating group) is 1. The van der Waals surface area contributed by atoms with E-state index in [-0.39, 0.29) is 24.9 Å². The Hall–Kier alpha value is -1.14. The average Bonchev–Trinajstić information content (AvgIpc) is 2.30. The zero-order valence-corrected chi connectivity index (χ0v) is 11.9. The lowest BCUT2D eigenvalue weighted by Crippen LogP contribution is -2.45. The maximum Gasteiger partial charge on any atom is 0.242 e. The van der Waals surface area contributed by atoms with Crippen molar-refractivity contribution in [2.45, 2.75) is 13.8 Å². The highest BCUT2D eigenvalue weighted by Crippen LogP contribution is 1.99. The first kappa shape index (κ1) is 16.9. The van der Waals surface area contributed by atoms with Gasteiger partial charge in [0.2, 0.25) is 11.8 Å². The molecule has 0 saturated carbocycles. The summed E-state index contributed by atoms with van der Waals surface area (Å²) in [5.41, 5.74) is 5.17. The van der Waals surface area contributed by atoms with Crippen LogP contribution in [0.5, 0.6) is 0 Å². The molecule has 3 N–H and O–H groups in total. The molecule has 0 spiro atoms. The predicted molar refractivity (Wildman–Crippen MR) is 72.0 cm³/mol. The Bertz CT molecular complexity index is 267. The summed E-state index contributed by atoms with van der Waals surface area (Å²) in [5, 5.41) is 2.50. The summed E-state index contributed by atoms with van der Waals surface area (Å²) in [4.78, 5) is 26.8. The molecular weight excluding hydrogens is 232 g/mol. The highest BCUT2D eigenvalue weighted by Gasteiger charge is 2.15. The summed E-state index contributed by atoms with van der Waals surface area (Å²) in [6.45, 7) is 6.24. The van der Waals surface area contributed by atoms with E-state index in [0.29, 0.717) is 19.0 Å². The third kappa shape index (κ3) is 8.03. The van der Waals surface area contributed by atoms with Crippen molar-refractivity contribution in [2.75, 3.05) is 46.8 Å². The number of hydrogen-bond donors (Lipinski definition) is 2. The SMILES string of the molecule is CC(C)CN(CCN(C)C)C(=O)CNC(=O)CN. The van der Waals surface area contributed by atoms with Gasteiger partial charge in [0.05, 0.1) is 13.1 Å². The Labute approximate surface area is 109 Å². The molecule has 18 heavy (non-hydrogen) atoms.